The summed E-state index contributed by atoms with van der Waals surface area (Å²) in [4.78, 5) is 67.0. The van der Waals surface area contributed by atoms with Gasteiger partial charge in [0.2, 0.25) is 17.8 Å². The molecule has 0 saturated carbocycles. The fourth-order valence-corrected chi connectivity index (χ4v) is 8.04. The standard InChI is InChI=1S/C40H43ClN10O7S/c1-47(59-56)32-6-4-3-5-30(32)43-36-29(41)21-42-40(46-36)44-31-10-8-25(20-34(31)57-2)49-15-13-48(14-16-49)17-18-58-26-22-50(23-26)24-7-9-27-28(19-24)39(55)51(38(27)54)33-11-12-35(52)45-37(33)53/h3-10,19-21,26,33,59H,11-18,22-23H2,1-2H3,(H,45,52,53)(H2,42,43,44,46). The normalized spacial score (nSPS) is 18.4. The average molecular weight is 843 g/mol. The Morgan fingerprint density at radius 3 is 2.42 bits per heavy atom. The summed E-state index contributed by atoms with van der Waals surface area (Å²) in [5, 5.41) is 9.02. The van der Waals surface area contributed by atoms with Crippen LogP contribution in [0.15, 0.2) is 66.9 Å². The van der Waals surface area contributed by atoms with Gasteiger partial charge in [0.15, 0.2) is 5.82 Å². The molecule has 0 spiro atoms. The zero-order valence-corrected chi connectivity index (χ0v) is 34.0. The minimum atomic E-state index is -0.988. The van der Waals surface area contributed by atoms with Crippen molar-refractivity contribution in [2.45, 2.75) is 25.0 Å². The second-order valence-corrected chi connectivity index (χ2v) is 15.7. The fraction of sp³-hybridized carbons (Fsp3) is 0.350. The second kappa shape index (κ2) is 17.2. The molecule has 59 heavy (non-hydrogen) atoms. The number of anilines is 7. The third kappa shape index (κ3) is 8.38. The molecule has 3 aromatic carbocycles. The van der Waals surface area contributed by atoms with Crippen LogP contribution in [-0.2, 0) is 26.2 Å². The molecule has 0 radical (unpaired) electrons. The van der Waals surface area contributed by atoms with Crippen LogP contribution in [0.1, 0.15) is 33.6 Å². The fourth-order valence-electron chi connectivity index (χ4n) is 7.64. The highest BCUT2D eigenvalue weighted by atomic mass is 35.5. The maximum atomic E-state index is 13.2. The van der Waals surface area contributed by atoms with Gasteiger partial charge in [-0.25, -0.2) is 9.19 Å². The summed E-state index contributed by atoms with van der Waals surface area (Å²) in [6.45, 7) is 6.16. The molecular formula is C40H43ClN10O7S. The number of ether oxygens (including phenoxy) is 2. The van der Waals surface area contributed by atoms with E-state index in [1.165, 1.54) is 6.20 Å². The topological polar surface area (TPSA) is 182 Å². The molecule has 3 fully saturated rings. The van der Waals surface area contributed by atoms with Crippen molar-refractivity contribution in [1.82, 2.24) is 25.1 Å². The predicted molar refractivity (Wildman–Crippen MR) is 225 cm³/mol. The highest BCUT2D eigenvalue weighted by Gasteiger charge is 2.45. The molecule has 4 aliphatic heterocycles. The van der Waals surface area contributed by atoms with Gasteiger partial charge < -0.3 is 29.9 Å². The van der Waals surface area contributed by atoms with Crippen molar-refractivity contribution >= 4 is 87.3 Å². The lowest BCUT2D eigenvalue weighted by Gasteiger charge is -2.41. The van der Waals surface area contributed by atoms with Crippen molar-refractivity contribution in [1.29, 1.82) is 0 Å². The SMILES string of the molecule is COc1cc(N2CCN(CCOC3CN(c4ccc5c(c4)C(=O)N(C4CCC(=O)NC4=O)C5=O)C3)CC2)ccc1Nc1ncc(Cl)c(Nc2ccccc2N(C)[SH]=O)n1. The Hall–Kier alpha value is -5.82. The van der Waals surface area contributed by atoms with Gasteiger partial charge in [0.1, 0.15) is 28.7 Å². The number of hydrogen-bond acceptors (Lipinski definition) is 14. The van der Waals surface area contributed by atoms with E-state index in [1.54, 1.807) is 30.6 Å². The molecule has 19 heteroatoms. The lowest BCUT2D eigenvalue weighted by Crippen LogP contribution is -2.54. The molecule has 3 saturated heterocycles. The van der Waals surface area contributed by atoms with E-state index in [2.05, 4.69) is 40.6 Å². The molecule has 17 nitrogen and oxygen atoms in total. The van der Waals surface area contributed by atoms with Gasteiger partial charge in [0.05, 0.1) is 54.2 Å². The van der Waals surface area contributed by atoms with Gasteiger partial charge >= 0.3 is 0 Å². The molecule has 4 amide bonds. The molecule has 4 aromatic rings. The summed E-state index contributed by atoms with van der Waals surface area (Å²) in [6, 6.07) is 17.5. The number of amides is 4. The lowest BCUT2D eigenvalue weighted by atomic mass is 10.0. The number of nitrogens with one attached hydrogen (secondary N) is 3. The van der Waals surface area contributed by atoms with Crippen molar-refractivity contribution < 1.29 is 32.9 Å². The Balaban J connectivity index is 0.791. The van der Waals surface area contributed by atoms with E-state index in [0.29, 0.717) is 59.3 Å². The van der Waals surface area contributed by atoms with Crippen molar-refractivity contribution in [2.24, 2.45) is 0 Å². The van der Waals surface area contributed by atoms with E-state index in [9.17, 15) is 23.4 Å². The number of imide groups is 2. The Morgan fingerprint density at radius 1 is 0.915 bits per heavy atom. The van der Waals surface area contributed by atoms with Gasteiger partial charge in [-0.15, -0.1) is 0 Å². The smallest absolute Gasteiger partial charge is 0.262 e. The molecule has 0 aliphatic carbocycles. The van der Waals surface area contributed by atoms with E-state index < -0.39 is 29.7 Å². The second-order valence-electron chi connectivity index (χ2n) is 14.6. The number of piperazine rings is 1. The zero-order chi connectivity index (χ0) is 41.2. The van der Waals surface area contributed by atoms with Gasteiger partial charge in [0.25, 0.3) is 11.8 Å². The summed E-state index contributed by atoms with van der Waals surface area (Å²) < 4.78 is 25.0. The first kappa shape index (κ1) is 40.0. The first-order valence-electron chi connectivity index (χ1n) is 19.2. The maximum absolute atomic E-state index is 13.2. The molecule has 5 heterocycles. The van der Waals surface area contributed by atoms with E-state index in [4.69, 9.17) is 21.1 Å². The summed E-state index contributed by atoms with van der Waals surface area (Å²) in [6.07, 6.45) is 1.76. The van der Waals surface area contributed by atoms with Crippen molar-refractivity contribution in [3.05, 3.63) is 83.0 Å². The Morgan fingerprint density at radius 2 is 1.66 bits per heavy atom. The monoisotopic (exact) mass is 842 g/mol. The van der Waals surface area contributed by atoms with E-state index in [-0.39, 0.29) is 41.9 Å². The number of hydrogen-bond donors (Lipinski definition) is 4. The van der Waals surface area contributed by atoms with Gasteiger partial charge in [-0.3, -0.25) is 38.6 Å². The molecular weight excluding hydrogens is 800 g/mol. The third-order valence-electron chi connectivity index (χ3n) is 10.9. The van der Waals surface area contributed by atoms with Crippen LogP contribution in [-0.4, -0.2) is 126 Å². The number of fused-ring (bicyclic) bond motifs is 1. The van der Waals surface area contributed by atoms with Gasteiger partial charge in [-0.05, 0) is 48.9 Å². The number of carbonyl (C=O) groups excluding carboxylic acids is 4. The number of piperidine rings is 1. The maximum Gasteiger partial charge on any atom is 0.262 e. The van der Waals surface area contributed by atoms with Crippen LogP contribution in [0.2, 0.25) is 5.02 Å². The number of rotatable bonds is 14. The summed E-state index contributed by atoms with van der Waals surface area (Å²) in [5.41, 5.74) is 4.47. The van der Waals surface area contributed by atoms with Gasteiger partial charge in [-0.1, -0.05) is 23.7 Å². The van der Waals surface area contributed by atoms with Crippen LogP contribution in [0.5, 0.6) is 5.75 Å². The van der Waals surface area contributed by atoms with Crippen molar-refractivity contribution in [3.63, 3.8) is 0 Å². The number of nitrogens with zero attached hydrogens (tertiary/aromatic N) is 7. The minimum Gasteiger partial charge on any atom is -0.494 e. The summed E-state index contributed by atoms with van der Waals surface area (Å²) in [5.74, 6) is -0.711. The number of benzene rings is 3. The summed E-state index contributed by atoms with van der Waals surface area (Å²) >= 11 is 6.30. The first-order valence-corrected chi connectivity index (χ1v) is 20.3. The lowest BCUT2D eigenvalue weighted by molar-refractivity contribution is -0.136. The highest BCUT2D eigenvalue weighted by Crippen LogP contribution is 2.35. The van der Waals surface area contributed by atoms with Gasteiger partial charge in [-0.2, -0.15) is 4.98 Å². The van der Waals surface area contributed by atoms with E-state index in [1.807, 2.05) is 48.5 Å². The number of thiol groups is 1. The Bertz CT molecular complexity index is 2310. The molecule has 4 aliphatic rings. The van der Waals surface area contributed by atoms with Crippen LogP contribution >= 0.6 is 11.6 Å². The first-order chi connectivity index (χ1) is 28.6. The van der Waals surface area contributed by atoms with Crippen LogP contribution in [0, 0.1) is 0 Å². The van der Waals surface area contributed by atoms with Crippen LogP contribution in [0.3, 0.4) is 0 Å². The molecule has 3 N–H and O–H groups in total. The highest BCUT2D eigenvalue weighted by molar-refractivity contribution is 7.67. The average Bonchev–Trinajstić information content (AvgIpc) is 3.47. The van der Waals surface area contributed by atoms with Crippen LogP contribution < -0.4 is 34.8 Å². The molecule has 1 aromatic heterocycles. The number of methoxy groups -OCH3 is 1. The third-order valence-corrected chi connectivity index (χ3v) is 11.7. The molecule has 308 valence electrons. The number of aromatic nitrogens is 2. The largest absolute Gasteiger partial charge is 0.494 e. The predicted octanol–water partition coefficient (Wildman–Crippen LogP) is 3.35. The number of halogens is 1. The van der Waals surface area contributed by atoms with Crippen LogP contribution in [0.4, 0.5) is 40.2 Å². The van der Waals surface area contributed by atoms with Gasteiger partial charge in [0, 0.05) is 76.7 Å². The van der Waals surface area contributed by atoms with E-state index >= 15 is 0 Å². The van der Waals surface area contributed by atoms with Crippen molar-refractivity contribution in [2.75, 3.05) is 91.3 Å². The quantitative estimate of drug-likeness (QED) is 0.107. The Labute approximate surface area is 349 Å². The summed E-state index contributed by atoms with van der Waals surface area (Å²) in [7, 11) is 3.33. The molecule has 8 rings (SSSR count). The number of para-hydroxylation sites is 2. The van der Waals surface area contributed by atoms with Crippen molar-refractivity contribution in [3.8, 4) is 5.75 Å². The minimum absolute atomic E-state index is 0.0515. The number of carbonyl (C=O) groups is 4. The van der Waals surface area contributed by atoms with Crippen LogP contribution in [0.25, 0.3) is 0 Å². The molecule has 0 bridgehead atoms. The zero-order valence-electron chi connectivity index (χ0n) is 32.4. The molecule has 1 atom stereocenters. The van der Waals surface area contributed by atoms with E-state index in [0.717, 1.165) is 49.0 Å². The molecule has 1 unspecified atom stereocenters. The Kier molecular flexibility index (Phi) is 11.6.